The van der Waals surface area contributed by atoms with Crippen molar-refractivity contribution in [3.63, 3.8) is 0 Å². The highest BCUT2D eigenvalue weighted by Crippen LogP contribution is 2.22. The standard InChI is InChI=1S/C10H11BrN4O3S/c11-8-3-9(10(15-12)13-5-8)19(16,17)14-4-7-1-2-18-6-7/h1-3,5-6,14H,4,12H2,(H,13,15). The van der Waals surface area contributed by atoms with E-state index in [0.717, 1.165) is 0 Å². The number of nitrogens with two attached hydrogens (primary N) is 1. The molecule has 0 amide bonds. The van der Waals surface area contributed by atoms with Crippen molar-refractivity contribution in [2.75, 3.05) is 5.43 Å². The van der Waals surface area contributed by atoms with E-state index in [1.807, 2.05) is 0 Å². The Morgan fingerprint density at radius 2 is 2.26 bits per heavy atom. The van der Waals surface area contributed by atoms with Crippen molar-refractivity contribution in [2.24, 2.45) is 5.84 Å². The highest BCUT2D eigenvalue weighted by Gasteiger charge is 2.19. The van der Waals surface area contributed by atoms with Crippen molar-refractivity contribution >= 4 is 31.8 Å². The minimum absolute atomic E-state index is 0.0344. The first kappa shape index (κ1) is 14.0. The average Bonchev–Trinajstić information content (AvgIpc) is 2.89. The number of sulfonamides is 1. The van der Waals surface area contributed by atoms with Gasteiger partial charge < -0.3 is 9.84 Å². The minimum atomic E-state index is -3.73. The molecule has 2 rings (SSSR count). The topological polar surface area (TPSA) is 110 Å². The number of hydrazine groups is 1. The molecule has 7 nitrogen and oxygen atoms in total. The zero-order chi connectivity index (χ0) is 13.9. The Labute approximate surface area is 118 Å². The molecule has 0 radical (unpaired) electrons. The maximum Gasteiger partial charge on any atom is 0.244 e. The molecule has 0 spiro atoms. The third kappa shape index (κ3) is 3.32. The third-order valence-corrected chi connectivity index (χ3v) is 4.14. The van der Waals surface area contributed by atoms with Gasteiger partial charge in [0, 0.05) is 22.8 Å². The first-order chi connectivity index (χ1) is 9.03. The van der Waals surface area contributed by atoms with E-state index < -0.39 is 10.0 Å². The van der Waals surface area contributed by atoms with Crippen LogP contribution in [0.3, 0.4) is 0 Å². The van der Waals surface area contributed by atoms with Gasteiger partial charge in [-0.2, -0.15) is 0 Å². The molecule has 4 N–H and O–H groups in total. The Bertz CT molecular complexity index is 657. The predicted molar refractivity (Wildman–Crippen MR) is 72.5 cm³/mol. The summed E-state index contributed by atoms with van der Waals surface area (Å²) in [6, 6.07) is 3.09. The highest BCUT2D eigenvalue weighted by atomic mass is 79.9. The van der Waals surface area contributed by atoms with Crippen molar-refractivity contribution < 1.29 is 12.8 Å². The van der Waals surface area contributed by atoms with E-state index >= 15 is 0 Å². The largest absolute Gasteiger partial charge is 0.472 e. The average molecular weight is 347 g/mol. The van der Waals surface area contributed by atoms with Gasteiger partial charge in [0.1, 0.15) is 4.90 Å². The van der Waals surface area contributed by atoms with Crippen LogP contribution >= 0.6 is 15.9 Å². The van der Waals surface area contributed by atoms with Gasteiger partial charge in [0.05, 0.1) is 12.5 Å². The smallest absolute Gasteiger partial charge is 0.244 e. The van der Waals surface area contributed by atoms with Gasteiger partial charge in [-0.05, 0) is 28.1 Å². The van der Waals surface area contributed by atoms with Gasteiger partial charge in [-0.15, -0.1) is 0 Å². The lowest BCUT2D eigenvalue weighted by molar-refractivity contribution is 0.561. The first-order valence-electron chi connectivity index (χ1n) is 5.16. The monoisotopic (exact) mass is 346 g/mol. The summed E-state index contributed by atoms with van der Waals surface area (Å²) < 4.78 is 32.2. The molecular formula is C10H11BrN4O3S. The second-order valence-electron chi connectivity index (χ2n) is 3.60. The summed E-state index contributed by atoms with van der Waals surface area (Å²) in [4.78, 5) is 3.85. The van der Waals surface area contributed by atoms with Crippen LogP contribution in [0, 0.1) is 0 Å². The van der Waals surface area contributed by atoms with Crippen LogP contribution in [0.15, 0.2) is 44.6 Å². The number of halogens is 1. The molecule has 0 aliphatic rings. The molecule has 0 bridgehead atoms. The van der Waals surface area contributed by atoms with Crippen molar-refractivity contribution in [3.05, 3.63) is 40.9 Å². The van der Waals surface area contributed by atoms with E-state index in [9.17, 15) is 8.42 Å². The van der Waals surface area contributed by atoms with Gasteiger partial charge in [0.15, 0.2) is 5.82 Å². The molecular weight excluding hydrogens is 336 g/mol. The summed E-state index contributed by atoms with van der Waals surface area (Å²) >= 11 is 3.17. The van der Waals surface area contributed by atoms with Crippen molar-refractivity contribution in [1.29, 1.82) is 0 Å². The minimum Gasteiger partial charge on any atom is -0.472 e. The molecule has 2 heterocycles. The summed E-state index contributed by atoms with van der Waals surface area (Å²) in [6.07, 6.45) is 4.38. The Kier molecular flexibility index (Phi) is 4.20. The zero-order valence-electron chi connectivity index (χ0n) is 9.63. The third-order valence-electron chi connectivity index (χ3n) is 2.29. The zero-order valence-corrected chi connectivity index (χ0v) is 12.0. The maximum atomic E-state index is 12.2. The van der Waals surface area contributed by atoms with Crippen LogP contribution in [0.5, 0.6) is 0 Å². The van der Waals surface area contributed by atoms with Gasteiger partial charge in [-0.25, -0.2) is 24.0 Å². The SMILES string of the molecule is NNc1ncc(Br)cc1S(=O)(=O)NCc1ccoc1. The highest BCUT2D eigenvalue weighted by molar-refractivity contribution is 9.10. The second kappa shape index (κ2) is 5.70. The number of nitrogen functional groups attached to an aromatic ring is 1. The fourth-order valence-electron chi connectivity index (χ4n) is 1.38. The van der Waals surface area contributed by atoms with E-state index in [1.165, 1.54) is 24.8 Å². The predicted octanol–water partition coefficient (Wildman–Crippen LogP) is 1.20. The van der Waals surface area contributed by atoms with Crippen molar-refractivity contribution in [2.45, 2.75) is 11.4 Å². The first-order valence-corrected chi connectivity index (χ1v) is 7.43. The lowest BCUT2D eigenvalue weighted by Crippen LogP contribution is -2.25. The molecule has 2 aromatic rings. The molecule has 2 aromatic heterocycles. The normalized spacial score (nSPS) is 11.5. The van der Waals surface area contributed by atoms with Crippen LogP contribution in [0.2, 0.25) is 0 Å². The molecule has 0 fully saturated rings. The number of furan rings is 1. The number of hydrogen-bond acceptors (Lipinski definition) is 6. The summed E-state index contributed by atoms with van der Waals surface area (Å²) in [5.41, 5.74) is 2.97. The number of aromatic nitrogens is 1. The van der Waals surface area contributed by atoms with Gasteiger partial charge in [0.25, 0.3) is 0 Å². The molecule has 19 heavy (non-hydrogen) atoms. The lowest BCUT2D eigenvalue weighted by Gasteiger charge is -2.10. The van der Waals surface area contributed by atoms with Crippen molar-refractivity contribution in [3.8, 4) is 0 Å². The van der Waals surface area contributed by atoms with Gasteiger partial charge in [0.2, 0.25) is 10.0 Å². The van der Waals surface area contributed by atoms with Gasteiger partial charge >= 0.3 is 0 Å². The van der Waals surface area contributed by atoms with Crippen LogP contribution in [0.1, 0.15) is 5.56 Å². The molecule has 9 heteroatoms. The molecule has 0 saturated heterocycles. The van der Waals surface area contributed by atoms with E-state index in [2.05, 4.69) is 31.1 Å². The van der Waals surface area contributed by atoms with Crippen LogP contribution < -0.4 is 16.0 Å². The number of rotatable bonds is 5. The van der Waals surface area contributed by atoms with E-state index in [-0.39, 0.29) is 17.3 Å². The Morgan fingerprint density at radius 1 is 1.47 bits per heavy atom. The van der Waals surface area contributed by atoms with E-state index in [1.54, 1.807) is 6.07 Å². The van der Waals surface area contributed by atoms with Crippen LogP contribution in [0.25, 0.3) is 0 Å². The molecule has 0 saturated carbocycles. The Hall–Kier alpha value is -1.42. The summed E-state index contributed by atoms with van der Waals surface area (Å²) in [5.74, 6) is 5.33. The lowest BCUT2D eigenvalue weighted by atomic mass is 10.4. The van der Waals surface area contributed by atoms with Gasteiger partial charge in [-0.3, -0.25) is 0 Å². The van der Waals surface area contributed by atoms with Crippen LogP contribution in [-0.2, 0) is 16.6 Å². The molecule has 0 aliphatic heterocycles. The number of nitrogens with one attached hydrogen (secondary N) is 2. The van der Waals surface area contributed by atoms with Crippen LogP contribution in [-0.4, -0.2) is 13.4 Å². The number of hydrogen-bond donors (Lipinski definition) is 3. The van der Waals surface area contributed by atoms with Gasteiger partial charge in [-0.1, -0.05) is 0 Å². The molecule has 0 unspecified atom stereocenters. The second-order valence-corrected chi connectivity index (χ2v) is 6.25. The summed E-state index contributed by atoms with van der Waals surface area (Å²) in [7, 11) is -3.73. The van der Waals surface area contributed by atoms with E-state index in [4.69, 9.17) is 10.3 Å². The Morgan fingerprint density at radius 3 is 2.89 bits per heavy atom. The Balaban J connectivity index is 2.26. The molecule has 0 atom stereocenters. The molecule has 0 aliphatic carbocycles. The fourth-order valence-corrected chi connectivity index (χ4v) is 3.03. The van der Waals surface area contributed by atoms with Crippen molar-refractivity contribution in [1.82, 2.24) is 9.71 Å². The van der Waals surface area contributed by atoms with Crippen LogP contribution in [0.4, 0.5) is 5.82 Å². The summed E-state index contributed by atoms with van der Waals surface area (Å²) in [5, 5.41) is 0. The number of nitrogens with zero attached hydrogens (tertiary/aromatic N) is 1. The molecule has 102 valence electrons. The molecule has 0 aromatic carbocycles. The number of anilines is 1. The number of pyridine rings is 1. The quantitative estimate of drug-likeness (QED) is 0.554. The summed E-state index contributed by atoms with van der Waals surface area (Å²) in [6.45, 7) is 0.120. The fraction of sp³-hybridized carbons (Fsp3) is 0.100. The maximum absolute atomic E-state index is 12.2. The van der Waals surface area contributed by atoms with E-state index in [0.29, 0.717) is 10.0 Å².